The molecule has 0 spiro atoms. The van der Waals surface area contributed by atoms with Gasteiger partial charge in [0.2, 0.25) is 0 Å². The summed E-state index contributed by atoms with van der Waals surface area (Å²) >= 11 is 0. The van der Waals surface area contributed by atoms with Crippen molar-refractivity contribution in [2.75, 3.05) is 4.90 Å². The second-order valence-corrected chi connectivity index (χ2v) is 13.3. The number of rotatable bonds is 5. The summed E-state index contributed by atoms with van der Waals surface area (Å²) in [6.45, 7) is 0. The molecule has 0 radical (unpaired) electrons. The average Bonchev–Trinajstić information content (AvgIpc) is 3.77. The van der Waals surface area contributed by atoms with Crippen molar-refractivity contribution >= 4 is 60.8 Å². The van der Waals surface area contributed by atoms with Crippen LogP contribution < -0.4 is 9.64 Å². The molecule has 0 saturated heterocycles. The van der Waals surface area contributed by atoms with E-state index >= 15 is 0 Å². The number of para-hydroxylation sites is 3. The van der Waals surface area contributed by atoms with Gasteiger partial charge in [0.1, 0.15) is 11.2 Å². The molecule has 0 N–H and O–H groups in total. The lowest BCUT2D eigenvalue weighted by Crippen LogP contribution is -2.10. The number of nitrogens with zero attached hydrogens (tertiary/aromatic N) is 2. The molecule has 1 aliphatic heterocycles. The fourth-order valence-electron chi connectivity index (χ4n) is 8.00. The lowest BCUT2D eigenvalue weighted by Gasteiger charge is -2.27. The Morgan fingerprint density at radius 1 is 0.423 bits per heavy atom. The van der Waals surface area contributed by atoms with Gasteiger partial charge in [0, 0.05) is 27.5 Å². The molecule has 244 valence electrons. The lowest BCUT2D eigenvalue weighted by atomic mass is 10.0. The molecule has 4 nitrogen and oxygen atoms in total. The monoisotopic (exact) mass is 666 g/mol. The van der Waals surface area contributed by atoms with E-state index in [-0.39, 0.29) is 0 Å². The van der Waals surface area contributed by atoms with Crippen LogP contribution in [-0.4, -0.2) is 4.57 Å². The van der Waals surface area contributed by atoms with Gasteiger partial charge in [0.05, 0.1) is 27.8 Å². The van der Waals surface area contributed by atoms with E-state index in [1.165, 1.54) is 27.4 Å². The van der Waals surface area contributed by atoms with Crippen LogP contribution in [0.2, 0.25) is 0 Å². The van der Waals surface area contributed by atoms with Gasteiger partial charge in [-0.2, -0.15) is 0 Å². The molecule has 1 aliphatic rings. The number of hydrogen-bond donors (Lipinski definition) is 0. The predicted octanol–water partition coefficient (Wildman–Crippen LogP) is 13.6. The van der Waals surface area contributed by atoms with Crippen LogP contribution in [0, 0.1) is 0 Å². The molecule has 3 heterocycles. The molecule has 0 unspecified atom stereocenters. The van der Waals surface area contributed by atoms with Gasteiger partial charge in [0.25, 0.3) is 0 Å². The van der Waals surface area contributed by atoms with E-state index < -0.39 is 0 Å². The molecule has 52 heavy (non-hydrogen) atoms. The SMILES string of the molecule is c1ccc(-c2ccc(N(c3ccc(-c4ccc5c(c4)-n4c6ccccc6c6cccc(c64)O5)cc3)c3cccc4oc5ccccc5c34)cc2)cc1. The van der Waals surface area contributed by atoms with E-state index in [0.29, 0.717) is 0 Å². The third-order valence-electron chi connectivity index (χ3n) is 10.4. The summed E-state index contributed by atoms with van der Waals surface area (Å²) in [5.74, 6) is 1.74. The van der Waals surface area contributed by atoms with Crippen LogP contribution in [0.3, 0.4) is 0 Å². The zero-order chi connectivity index (χ0) is 34.2. The Morgan fingerprint density at radius 3 is 1.85 bits per heavy atom. The number of benzene rings is 8. The minimum Gasteiger partial charge on any atom is -0.456 e. The Labute approximate surface area is 300 Å². The Hall–Kier alpha value is -7.04. The normalized spacial score (nSPS) is 12.0. The number of furan rings is 1. The summed E-state index contributed by atoms with van der Waals surface area (Å²) < 4.78 is 15.2. The molecule has 8 aromatic carbocycles. The first kappa shape index (κ1) is 28.8. The van der Waals surface area contributed by atoms with Crippen molar-refractivity contribution < 1.29 is 9.15 Å². The van der Waals surface area contributed by atoms with Crippen LogP contribution in [0.1, 0.15) is 0 Å². The van der Waals surface area contributed by atoms with E-state index in [1.807, 2.05) is 12.1 Å². The van der Waals surface area contributed by atoms with Crippen molar-refractivity contribution in [1.29, 1.82) is 0 Å². The number of hydrogen-bond acceptors (Lipinski definition) is 3. The predicted molar refractivity (Wildman–Crippen MR) is 214 cm³/mol. The molecule has 0 amide bonds. The highest BCUT2D eigenvalue weighted by atomic mass is 16.5. The number of aromatic nitrogens is 1. The molecule has 2 aromatic heterocycles. The Morgan fingerprint density at radius 2 is 1.04 bits per heavy atom. The van der Waals surface area contributed by atoms with Gasteiger partial charge in [-0.15, -0.1) is 0 Å². The minimum absolute atomic E-state index is 0.854. The highest BCUT2D eigenvalue weighted by Gasteiger charge is 2.24. The van der Waals surface area contributed by atoms with Crippen LogP contribution in [0.15, 0.2) is 186 Å². The summed E-state index contributed by atoms with van der Waals surface area (Å²) in [5, 5.41) is 4.61. The standard InChI is InChI=1S/C48H30N2O2/c1-2-10-31(11-3-1)32-20-25-35(26-21-32)49(41-16-9-18-45-47(41)39-13-5-7-17-43(39)51-45)36-27-22-33(23-28-36)34-24-29-44-42(30-34)50-40-15-6-4-12-37(40)38-14-8-19-46(52-44)48(38)50/h1-30H. The topological polar surface area (TPSA) is 30.5 Å². The summed E-state index contributed by atoms with van der Waals surface area (Å²) in [4.78, 5) is 2.34. The van der Waals surface area contributed by atoms with Crippen molar-refractivity contribution in [2.45, 2.75) is 0 Å². The maximum atomic E-state index is 6.48. The summed E-state index contributed by atoms with van der Waals surface area (Å²) in [5.41, 5.74) is 12.9. The summed E-state index contributed by atoms with van der Waals surface area (Å²) in [7, 11) is 0. The lowest BCUT2D eigenvalue weighted by molar-refractivity contribution is 0.476. The van der Waals surface area contributed by atoms with Crippen molar-refractivity contribution in [3.63, 3.8) is 0 Å². The fourth-order valence-corrected chi connectivity index (χ4v) is 8.00. The van der Waals surface area contributed by atoms with E-state index in [4.69, 9.17) is 9.15 Å². The van der Waals surface area contributed by atoms with Crippen molar-refractivity contribution in [2.24, 2.45) is 0 Å². The van der Waals surface area contributed by atoms with Crippen molar-refractivity contribution in [3.05, 3.63) is 182 Å². The maximum Gasteiger partial charge on any atom is 0.152 e. The highest BCUT2D eigenvalue weighted by Crippen LogP contribution is 2.47. The summed E-state index contributed by atoms with van der Waals surface area (Å²) in [6, 6.07) is 64.2. The van der Waals surface area contributed by atoms with Crippen LogP contribution in [-0.2, 0) is 0 Å². The van der Waals surface area contributed by atoms with Gasteiger partial charge in [-0.3, -0.25) is 0 Å². The molecule has 4 heteroatoms. The Bertz CT molecular complexity index is 2970. The van der Waals surface area contributed by atoms with E-state index in [1.54, 1.807) is 0 Å². The molecule has 10 aromatic rings. The molecule has 0 bridgehead atoms. The molecular formula is C48H30N2O2. The third kappa shape index (κ3) is 4.34. The van der Waals surface area contributed by atoms with Gasteiger partial charge in [-0.25, -0.2) is 0 Å². The average molecular weight is 667 g/mol. The first-order chi connectivity index (χ1) is 25.8. The Kier molecular flexibility index (Phi) is 6.22. The number of ether oxygens (including phenoxy) is 1. The molecule has 0 atom stereocenters. The maximum absolute atomic E-state index is 6.48. The van der Waals surface area contributed by atoms with E-state index in [9.17, 15) is 0 Å². The van der Waals surface area contributed by atoms with Crippen LogP contribution in [0.4, 0.5) is 17.1 Å². The molecule has 11 rings (SSSR count). The van der Waals surface area contributed by atoms with Gasteiger partial charge < -0.3 is 18.6 Å². The highest BCUT2D eigenvalue weighted by molar-refractivity contribution is 6.14. The second kappa shape index (κ2) is 11.2. The summed E-state index contributed by atoms with van der Waals surface area (Å²) in [6.07, 6.45) is 0. The van der Waals surface area contributed by atoms with Crippen molar-refractivity contribution in [1.82, 2.24) is 4.57 Å². The van der Waals surface area contributed by atoms with Gasteiger partial charge in [0.15, 0.2) is 11.5 Å². The molecule has 0 saturated carbocycles. The Balaban J connectivity index is 1.04. The van der Waals surface area contributed by atoms with Crippen LogP contribution >= 0.6 is 0 Å². The quantitative estimate of drug-likeness (QED) is 0.183. The van der Waals surface area contributed by atoms with Gasteiger partial charge in [-0.05, 0) is 89.0 Å². The third-order valence-corrected chi connectivity index (χ3v) is 10.4. The fraction of sp³-hybridized carbons (Fsp3) is 0. The first-order valence-electron chi connectivity index (χ1n) is 17.6. The molecular weight excluding hydrogens is 637 g/mol. The van der Waals surface area contributed by atoms with Crippen molar-refractivity contribution in [3.8, 4) is 39.4 Å². The molecule has 0 aliphatic carbocycles. The number of anilines is 3. The molecule has 0 fully saturated rings. The number of fused-ring (bicyclic) bond motifs is 8. The van der Waals surface area contributed by atoms with Gasteiger partial charge >= 0.3 is 0 Å². The minimum atomic E-state index is 0.854. The largest absolute Gasteiger partial charge is 0.456 e. The van der Waals surface area contributed by atoms with Crippen LogP contribution in [0.25, 0.3) is 71.7 Å². The van der Waals surface area contributed by atoms with Gasteiger partial charge in [-0.1, -0.05) is 115 Å². The second-order valence-electron chi connectivity index (χ2n) is 13.3. The zero-order valence-electron chi connectivity index (χ0n) is 28.0. The zero-order valence-corrected chi connectivity index (χ0v) is 28.0. The van der Waals surface area contributed by atoms with Crippen LogP contribution in [0.5, 0.6) is 11.5 Å². The van der Waals surface area contributed by atoms with E-state index in [2.05, 4.69) is 179 Å². The smallest absolute Gasteiger partial charge is 0.152 e. The van der Waals surface area contributed by atoms with E-state index in [0.717, 1.165) is 72.8 Å². The first-order valence-corrected chi connectivity index (χ1v) is 17.6.